The van der Waals surface area contributed by atoms with Crippen molar-refractivity contribution in [1.29, 1.82) is 0 Å². The molecule has 0 fully saturated rings. The molecule has 4 aromatic rings. The predicted octanol–water partition coefficient (Wildman–Crippen LogP) is 2.88. The number of hydrogen-bond donors (Lipinski definition) is 2. The van der Waals surface area contributed by atoms with Crippen LogP contribution in [-0.4, -0.2) is 25.3 Å². The van der Waals surface area contributed by atoms with Gasteiger partial charge in [-0.1, -0.05) is 53.6 Å². The molecule has 0 aliphatic rings. The lowest BCUT2D eigenvalue weighted by molar-refractivity contribution is 0.808. The van der Waals surface area contributed by atoms with E-state index < -0.39 is 11.2 Å². The fraction of sp³-hybridized carbons (Fsp3) is 0.143. The van der Waals surface area contributed by atoms with Crippen LogP contribution in [0.4, 0.5) is 5.95 Å². The number of anilines is 1. The maximum Gasteiger partial charge on any atom is 0.329 e. The summed E-state index contributed by atoms with van der Waals surface area (Å²) >= 11 is 5.98. The number of aromatic nitrogens is 4. The molecule has 0 saturated carbocycles. The van der Waals surface area contributed by atoms with E-state index in [-0.39, 0.29) is 11.2 Å². The van der Waals surface area contributed by atoms with Gasteiger partial charge in [0, 0.05) is 12.1 Å². The minimum Gasteiger partial charge on any atom is -0.298 e. The lowest BCUT2D eigenvalue weighted by atomic mass is 10.2. The summed E-state index contributed by atoms with van der Waals surface area (Å²) in [5, 5.41) is 4.88. The molecular weight excluding hydrogens is 404 g/mol. The minimum atomic E-state index is -0.529. The third-order valence-corrected chi connectivity index (χ3v) is 4.97. The lowest BCUT2D eigenvalue weighted by Gasteiger charge is -2.08. The molecule has 8 nitrogen and oxygen atoms in total. The number of imidazole rings is 1. The number of benzene rings is 2. The highest BCUT2D eigenvalue weighted by Gasteiger charge is 2.17. The third kappa shape index (κ3) is 3.90. The molecule has 0 bridgehead atoms. The lowest BCUT2D eigenvalue weighted by Crippen LogP contribution is -2.29. The Labute approximate surface area is 176 Å². The zero-order valence-electron chi connectivity index (χ0n) is 16.4. The van der Waals surface area contributed by atoms with E-state index in [1.54, 1.807) is 30.0 Å². The SMILES string of the molecule is Cc1ccc(/C=N\Nc2nc3c(c(=O)[nH]c(=O)n3C)n2Cc2ccc(Cl)cc2)cc1. The molecule has 2 aromatic carbocycles. The Morgan fingerprint density at radius 1 is 1.13 bits per heavy atom. The van der Waals surface area contributed by atoms with Crippen LogP contribution >= 0.6 is 11.6 Å². The van der Waals surface area contributed by atoms with Crippen molar-refractivity contribution in [2.24, 2.45) is 12.1 Å². The van der Waals surface area contributed by atoms with Crippen molar-refractivity contribution in [3.8, 4) is 0 Å². The van der Waals surface area contributed by atoms with Crippen molar-refractivity contribution in [1.82, 2.24) is 19.1 Å². The van der Waals surface area contributed by atoms with E-state index in [1.807, 2.05) is 43.3 Å². The van der Waals surface area contributed by atoms with Crippen LogP contribution in [0.3, 0.4) is 0 Å². The van der Waals surface area contributed by atoms with Crippen LogP contribution < -0.4 is 16.7 Å². The normalized spacial score (nSPS) is 11.4. The average molecular weight is 423 g/mol. The van der Waals surface area contributed by atoms with Crippen LogP contribution in [0.25, 0.3) is 11.2 Å². The van der Waals surface area contributed by atoms with Crippen molar-refractivity contribution < 1.29 is 0 Å². The second kappa shape index (κ2) is 8.00. The molecule has 0 amide bonds. The largest absolute Gasteiger partial charge is 0.329 e. The first kappa shape index (κ1) is 19.7. The molecule has 9 heteroatoms. The Balaban J connectivity index is 1.77. The molecule has 0 saturated heterocycles. The molecule has 0 radical (unpaired) electrons. The highest BCUT2D eigenvalue weighted by molar-refractivity contribution is 6.30. The number of aryl methyl sites for hydroxylation is 2. The molecule has 0 spiro atoms. The zero-order chi connectivity index (χ0) is 21.3. The highest BCUT2D eigenvalue weighted by atomic mass is 35.5. The maximum atomic E-state index is 12.5. The van der Waals surface area contributed by atoms with Crippen molar-refractivity contribution >= 4 is 34.9 Å². The van der Waals surface area contributed by atoms with Crippen molar-refractivity contribution in [2.45, 2.75) is 13.5 Å². The third-order valence-electron chi connectivity index (χ3n) is 4.72. The van der Waals surface area contributed by atoms with Crippen LogP contribution in [0.2, 0.25) is 5.02 Å². The second-order valence-electron chi connectivity index (χ2n) is 6.92. The topological polar surface area (TPSA) is 97.1 Å². The Morgan fingerprint density at radius 2 is 1.83 bits per heavy atom. The zero-order valence-corrected chi connectivity index (χ0v) is 17.1. The molecular formula is C21H19ClN6O2. The van der Waals surface area contributed by atoms with Gasteiger partial charge in [-0.3, -0.25) is 18.9 Å². The molecule has 0 aliphatic carbocycles. The molecule has 0 atom stereocenters. The van der Waals surface area contributed by atoms with Crippen molar-refractivity contribution in [3.05, 3.63) is 91.1 Å². The molecule has 30 heavy (non-hydrogen) atoms. The van der Waals surface area contributed by atoms with Gasteiger partial charge in [0.05, 0.1) is 12.8 Å². The summed E-state index contributed by atoms with van der Waals surface area (Å²) in [5.41, 5.74) is 5.39. The summed E-state index contributed by atoms with van der Waals surface area (Å²) in [5.74, 6) is 0.343. The first-order valence-corrected chi connectivity index (χ1v) is 9.60. The number of fused-ring (bicyclic) bond motifs is 1. The predicted molar refractivity (Wildman–Crippen MR) is 119 cm³/mol. The summed E-state index contributed by atoms with van der Waals surface area (Å²) < 4.78 is 2.98. The molecule has 2 heterocycles. The first-order valence-electron chi connectivity index (χ1n) is 9.22. The summed E-state index contributed by atoms with van der Waals surface area (Å²) in [7, 11) is 1.56. The minimum absolute atomic E-state index is 0.269. The fourth-order valence-corrected chi connectivity index (χ4v) is 3.19. The monoisotopic (exact) mass is 422 g/mol. The number of aromatic amines is 1. The number of rotatable bonds is 5. The molecule has 152 valence electrons. The average Bonchev–Trinajstić information content (AvgIpc) is 3.08. The highest BCUT2D eigenvalue weighted by Crippen LogP contribution is 2.19. The molecule has 2 aromatic heterocycles. The van der Waals surface area contributed by atoms with Crippen LogP contribution in [-0.2, 0) is 13.6 Å². The van der Waals surface area contributed by atoms with Gasteiger partial charge in [0.2, 0.25) is 5.95 Å². The number of nitrogens with one attached hydrogen (secondary N) is 2. The Hall–Kier alpha value is -3.65. The second-order valence-corrected chi connectivity index (χ2v) is 7.36. The van der Waals surface area contributed by atoms with E-state index >= 15 is 0 Å². The Morgan fingerprint density at radius 3 is 2.53 bits per heavy atom. The number of H-pyrrole nitrogens is 1. The summed E-state index contributed by atoms with van der Waals surface area (Å²) in [6.07, 6.45) is 1.66. The van der Waals surface area contributed by atoms with Crippen LogP contribution in [0.1, 0.15) is 16.7 Å². The van der Waals surface area contributed by atoms with Gasteiger partial charge in [0.25, 0.3) is 5.56 Å². The Bertz CT molecular complexity index is 1350. The molecule has 2 N–H and O–H groups in total. The number of hydrazone groups is 1. The summed E-state index contributed by atoms with van der Waals surface area (Å²) in [4.78, 5) is 31.3. The van der Waals surface area contributed by atoms with E-state index in [9.17, 15) is 9.59 Å². The molecule has 0 unspecified atom stereocenters. The van der Waals surface area contributed by atoms with Crippen molar-refractivity contribution in [2.75, 3.05) is 5.43 Å². The van der Waals surface area contributed by atoms with Gasteiger partial charge < -0.3 is 0 Å². The van der Waals surface area contributed by atoms with Crippen molar-refractivity contribution in [3.63, 3.8) is 0 Å². The molecule has 4 rings (SSSR count). The van der Waals surface area contributed by atoms with Gasteiger partial charge in [-0.05, 0) is 30.2 Å². The van der Waals surface area contributed by atoms with E-state index in [0.717, 1.165) is 16.7 Å². The first-order chi connectivity index (χ1) is 14.4. The van der Waals surface area contributed by atoms with Crippen LogP contribution in [0.5, 0.6) is 0 Å². The fourth-order valence-electron chi connectivity index (χ4n) is 3.06. The van der Waals surface area contributed by atoms with Gasteiger partial charge >= 0.3 is 5.69 Å². The summed E-state index contributed by atoms with van der Waals surface area (Å²) in [6.45, 7) is 2.36. The maximum absolute atomic E-state index is 12.5. The Kier molecular flexibility index (Phi) is 5.24. The van der Waals surface area contributed by atoms with E-state index in [4.69, 9.17) is 11.6 Å². The van der Waals surface area contributed by atoms with Gasteiger partial charge in [0.15, 0.2) is 11.2 Å². The van der Waals surface area contributed by atoms with Gasteiger partial charge in [-0.15, -0.1) is 0 Å². The van der Waals surface area contributed by atoms with Crippen LogP contribution in [0.15, 0.2) is 63.2 Å². The summed E-state index contributed by atoms with van der Waals surface area (Å²) in [6, 6.07) is 15.2. The van der Waals surface area contributed by atoms with Gasteiger partial charge in [-0.2, -0.15) is 10.1 Å². The van der Waals surface area contributed by atoms with Gasteiger partial charge in [-0.25, -0.2) is 10.2 Å². The number of hydrogen-bond acceptors (Lipinski definition) is 5. The van der Waals surface area contributed by atoms with Gasteiger partial charge in [0.1, 0.15) is 0 Å². The number of halogens is 1. The number of nitrogens with zero attached hydrogens (tertiary/aromatic N) is 4. The van der Waals surface area contributed by atoms with E-state index in [2.05, 4.69) is 20.5 Å². The van der Waals surface area contributed by atoms with Crippen LogP contribution in [0, 0.1) is 6.92 Å². The van der Waals surface area contributed by atoms with E-state index in [0.29, 0.717) is 17.5 Å². The standard InChI is InChI=1S/C21H19ClN6O2/c1-13-3-5-14(6-4-13)11-23-26-20-24-18-17(19(29)25-21(30)27(18)2)28(20)12-15-7-9-16(22)10-8-15/h3-11H,12H2,1-2H3,(H,24,26)(H,25,29,30)/b23-11-. The smallest absolute Gasteiger partial charge is 0.298 e. The van der Waals surface area contributed by atoms with E-state index in [1.165, 1.54) is 4.57 Å². The molecule has 0 aliphatic heterocycles. The quantitative estimate of drug-likeness (QED) is 0.381.